The van der Waals surface area contributed by atoms with Crippen molar-refractivity contribution in [1.29, 1.82) is 0 Å². The third-order valence-corrected chi connectivity index (χ3v) is 14.0. The first-order chi connectivity index (χ1) is 30.1. The molecule has 10 heteroatoms. The van der Waals surface area contributed by atoms with Crippen molar-refractivity contribution in [3.63, 3.8) is 0 Å². The molecule has 0 saturated heterocycles. The normalized spacial score (nSPS) is 12.7. The molecule has 0 heterocycles. The van der Waals surface area contributed by atoms with E-state index in [-0.39, 0.29) is 19.3 Å². The number of hydrogen-bond donors (Lipinski definition) is 2. The maximum atomic E-state index is 13.1. The summed E-state index contributed by atoms with van der Waals surface area (Å²) in [4.78, 5) is 38.9. The van der Waals surface area contributed by atoms with E-state index in [0.29, 0.717) is 19.3 Å². The Morgan fingerprint density at radius 1 is 0.355 bits per heavy atom. The van der Waals surface area contributed by atoms with E-state index in [4.69, 9.17) is 14.2 Å². The van der Waals surface area contributed by atoms with E-state index >= 15 is 0 Å². The number of ether oxygens (including phenoxy) is 3. The van der Waals surface area contributed by atoms with Crippen molar-refractivity contribution in [3.8, 4) is 0 Å². The summed E-state index contributed by atoms with van der Waals surface area (Å²) in [5, 5.41) is -0.754. The first-order valence-electron chi connectivity index (χ1n) is 26.7. The van der Waals surface area contributed by atoms with Gasteiger partial charge in [0, 0.05) is 0 Å². The molecule has 0 rings (SSSR count). The fraction of sp³-hybridized carbons (Fsp3) is 0.942. The van der Waals surface area contributed by atoms with Gasteiger partial charge < -0.3 is 0 Å². The second kappa shape index (κ2) is 46.2. The van der Waals surface area contributed by atoms with Gasteiger partial charge in [0.15, 0.2) is 0 Å². The standard InChI is InChI=1S/C52H101AsO9/c1-4-7-10-13-16-19-22-25-28-31-34-37-40-43-50(54)60-47-49(62-52(56)45-42-39-36-33-30-27-24-21-18-15-12-9-6-3)48(46-53(57,58)59)61-51(55)44-41-38-35-32-29-26-23-20-17-14-11-8-5-2/h48-49H,4-47H2,1-3H3,(H2,57,58,59). The number of rotatable bonds is 49. The van der Waals surface area contributed by atoms with Gasteiger partial charge in [-0.05, 0) is 0 Å². The van der Waals surface area contributed by atoms with Gasteiger partial charge >= 0.3 is 231 Å². The third-order valence-electron chi connectivity index (χ3n) is 12.3. The van der Waals surface area contributed by atoms with Gasteiger partial charge in [0.1, 0.15) is 0 Å². The molecule has 0 spiro atoms. The van der Waals surface area contributed by atoms with Crippen molar-refractivity contribution in [3.05, 3.63) is 0 Å². The van der Waals surface area contributed by atoms with Crippen molar-refractivity contribution in [1.82, 2.24) is 0 Å². The first-order valence-corrected chi connectivity index (χ1v) is 30.5. The van der Waals surface area contributed by atoms with E-state index in [1.54, 1.807) is 0 Å². The summed E-state index contributed by atoms with van der Waals surface area (Å²) in [6.45, 7) is 6.32. The quantitative estimate of drug-likeness (QED) is 0.0264. The topological polar surface area (TPSA) is 136 Å². The molecular weight excluding hydrogens is 843 g/mol. The van der Waals surface area contributed by atoms with Gasteiger partial charge in [-0.15, -0.1) is 0 Å². The molecule has 0 radical (unpaired) electrons. The van der Waals surface area contributed by atoms with Gasteiger partial charge in [-0.2, -0.15) is 0 Å². The van der Waals surface area contributed by atoms with Crippen LogP contribution in [0.4, 0.5) is 0 Å². The molecule has 0 aliphatic heterocycles. The van der Waals surface area contributed by atoms with Crippen molar-refractivity contribution >= 4 is 32.1 Å². The zero-order valence-corrected chi connectivity index (χ0v) is 42.8. The van der Waals surface area contributed by atoms with E-state index in [2.05, 4.69) is 20.8 Å². The summed E-state index contributed by atoms with van der Waals surface area (Å²) in [7, 11) is 0. The molecule has 0 aromatic carbocycles. The molecule has 0 fully saturated rings. The smallest absolute Gasteiger partial charge is 0.0654 e. The van der Waals surface area contributed by atoms with Gasteiger partial charge in [-0.25, -0.2) is 0 Å². The molecule has 0 aromatic rings. The molecule has 0 aliphatic rings. The van der Waals surface area contributed by atoms with Gasteiger partial charge in [-0.1, -0.05) is 156 Å². The Hall–Kier alpha value is -1.31. The number of carbonyl (C=O) groups excluding carboxylic acids is 3. The number of carbonyl (C=O) groups is 3. The summed E-state index contributed by atoms with van der Waals surface area (Å²) >= 11 is -5.37. The fourth-order valence-corrected chi connectivity index (χ4v) is 9.88. The SMILES string of the molecule is CCCCCCCCCCCCCCCC(=O)OCC(OC(=O)CCCCCCCCCCCCCCC)C(C[As](=O)(O)O)OC(=O)CCCCCCCCCCCCCCC. The van der Waals surface area contributed by atoms with Crippen molar-refractivity contribution < 1.29 is 40.5 Å². The average Bonchev–Trinajstić information content (AvgIpc) is 3.23. The van der Waals surface area contributed by atoms with Crippen molar-refractivity contribution in [2.75, 3.05) is 6.61 Å². The molecule has 0 bridgehead atoms. The molecule has 368 valence electrons. The summed E-state index contributed by atoms with van der Waals surface area (Å²) in [6.07, 6.45) is 44.0. The predicted octanol–water partition coefficient (Wildman–Crippen LogP) is 15.2. The van der Waals surface area contributed by atoms with Crippen molar-refractivity contribution in [2.45, 2.75) is 308 Å². The molecule has 0 amide bonds. The molecule has 0 aliphatic carbocycles. The van der Waals surface area contributed by atoms with Crippen LogP contribution in [0.25, 0.3) is 0 Å². The fourth-order valence-electron chi connectivity index (χ4n) is 8.25. The molecule has 9 nitrogen and oxygen atoms in total. The van der Waals surface area contributed by atoms with Gasteiger partial charge in [0.2, 0.25) is 0 Å². The molecule has 62 heavy (non-hydrogen) atoms. The van der Waals surface area contributed by atoms with Crippen LogP contribution in [0.15, 0.2) is 0 Å². The number of esters is 3. The average molecular weight is 945 g/mol. The van der Waals surface area contributed by atoms with Crippen molar-refractivity contribution in [2.24, 2.45) is 0 Å². The molecular formula is C52H101AsO9. The van der Waals surface area contributed by atoms with Crippen LogP contribution < -0.4 is 0 Å². The molecule has 0 aromatic heterocycles. The van der Waals surface area contributed by atoms with E-state index in [1.807, 2.05) is 0 Å². The zero-order valence-electron chi connectivity index (χ0n) is 41.0. The molecule has 2 atom stereocenters. The second-order valence-corrected chi connectivity index (χ2v) is 22.1. The summed E-state index contributed by atoms with van der Waals surface area (Å²) in [6, 6.07) is 0. The molecule has 0 saturated carbocycles. The minimum Gasteiger partial charge on any atom is -0.0654 e. The summed E-state index contributed by atoms with van der Waals surface area (Å²) < 4.78 is 49.3. The van der Waals surface area contributed by atoms with Gasteiger partial charge in [0.25, 0.3) is 0 Å². The van der Waals surface area contributed by atoms with Crippen LogP contribution in [0.2, 0.25) is 5.21 Å². The Bertz CT molecular complexity index is 1050. The summed E-state index contributed by atoms with van der Waals surface area (Å²) in [5.41, 5.74) is 0. The molecule has 2 N–H and O–H groups in total. The van der Waals surface area contributed by atoms with Crippen LogP contribution in [0.3, 0.4) is 0 Å². The van der Waals surface area contributed by atoms with E-state index in [0.717, 1.165) is 57.8 Å². The zero-order chi connectivity index (χ0) is 45.6. The van der Waals surface area contributed by atoms with Gasteiger partial charge in [-0.3, -0.25) is 0 Å². The van der Waals surface area contributed by atoms with Crippen LogP contribution >= 0.6 is 0 Å². The minimum atomic E-state index is -5.37. The Morgan fingerprint density at radius 2 is 0.581 bits per heavy atom. The van der Waals surface area contributed by atoms with Crippen LogP contribution in [0.1, 0.15) is 290 Å². The Morgan fingerprint density at radius 3 is 0.839 bits per heavy atom. The van der Waals surface area contributed by atoms with Crippen LogP contribution in [-0.2, 0) is 32.3 Å². The Labute approximate surface area is 385 Å². The Balaban J connectivity index is 4.90. The second-order valence-electron chi connectivity index (χ2n) is 18.6. The number of unbranched alkanes of at least 4 members (excludes halogenated alkanes) is 36. The maximum absolute atomic E-state index is 13.1. The van der Waals surface area contributed by atoms with Crippen LogP contribution in [-0.4, -0.2) is 59.1 Å². The Kier molecular flexibility index (Phi) is 45.2. The monoisotopic (exact) mass is 945 g/mol. The van der Waals surface area contributed by atoms with Crippen LogP contribution in [0, 0.1) is 0 Å². The molecule has 2 unspecified atom stereocenters. The van der Waals surface area contributed by atoms with E-state index < -0.39 is 56.1 Å². The first kappa shape index (κ1) is 60.7. The predicted molar refractivity (Wildman–Crippen MR) is 257 cm³/mol. The minimum absolute atomic E-state index is 0.112. The van der Waals surface area contributed by atoms with Crippen LogP contribution in [0.5, 0.6) is 0 Å². The number of hydrogen-bond acceptors (Lipinski definition) is 7. The summed E-state index contributed by atoms with van der Waals surface area (Å²) in [5.74, 6) is -1.58. The van der Waals surface area contributed by atoms with Gasteiger partial charge in [0.05, 0.1) is 0 Å². The van der Waals surface area contributed by atoms with E-state index in [1.165, 1.54) is 173 Å². The third kappa shape index (κ3) is 45.3. The van der Waals surface area contributed by atoms with E-state index in [9.17, 15) is 26.3 Å².